The number of likely N-dealkylation sites (tertiary alicyclic amines) is 1. The van der Waals surface area contributed by atoms with E-state index in [1.165, 1.54) is 32.2 Å². The maximum Gasteiger partial charge on any atom is 0.119 e. The summed E-state index contributed by atoms with van der Waals surface area (Å²) in [5.41, 5.74) is 6.77. The zero-order valence-corrected chi connectivity index (χ0v) is 12.7. The Labute approximate surface area is 123 Å². The highest BCUT2D eigenvalue weighted by atomic mass is 16.5. The van der Waals surface area contributed by atoms with E-state index in [9.17, 15) is 0 Å². The van der Waals surface area contributed by atoms with Gasteiger partial charge in [-0.15, -0.1) is 0 Å². The first-order valence-electron chi connectivity index (χ1n) is 7.99. The summed E-state index contributed by atoms with van der Waals surface area (Å²) in [7, 11) is 0. The molecule has 112 valence electrons. The standard InChI is InChI=1S/C17H28N2O/c1-2-16-8-3-4-10-19(16)11-6-12-20-17-9-5-7-15(13-17)14-18/h5,7,9,13,16H,2-4,6,8,10-12,14,18H2,1H3. The number of nitrogens with two attached hydrogens (primary N) is 1. The molecular weight excluding hydrogens is 248 g/mol. The molecule has 0 saturated carbocycles. The summed E-state index contributed by atoms with van der Waals surface area (Å²) in [6.45, 7) is 6.10. The van der Waals surface area contributed by atoms with E-state index in [4.69, 9.17) is 10.5 Å². The molecule has 1 aliphatic rings. The van der Waals surface area contributed by atoms with Crippen molar-refractivity contribution >= 4 is 0 Å². The highest BCUT2D eigenvalue weighted by molar-refractivity contribution is 5.28. The summed E-state index contributed by atoms with van der Waals surface area (Å²) < 4.78 is 5.83. The van der Waals surface area contributed by atoms with Crippen molar-refractivity contribution in [3.8, 4) is 5.75 Å². The predicted octanol–water partition coefficient (Wildman–Crippen LogP) is 3.18. The molecule has 0 aliphatic carbocycles. The van der Waals surface area contributed by atoms with Crippen molar-refractivity contribution in [2.24, 2.45) is 5.73 Å². The fourth-order valence-corrected chi connectivity index (χ4v) is 3.04. The molecule has 0 aromatic heterocycles. The van der Waals surface area contributed by atoms with Crippen LogP contribution in [0, 0.1) is 0 Å². The number of hydrogen-bond acceptors (Lipinski definition) is 3. The van der Waals surface area contributed by atoms with Gasteiger partial charge in [0.2, 0.25) is 0 Å². The maximum atomic E-state index is 5.83. The van der Waals surface area contributed by atoms with Crippen molar-refractivity contribution in [1.29, 1.82) is 0 Å². The van der Waals surface area contributed by atoms with Crippen molar-refractivity contribution in [1.82, 2.24) is 4.90 Å². The molecule has 1 atom stereocenters. The molecule has 1 aliphatic heterocycles. The summed E-state index contributed by atoms with van der Waals surface area (Å²) in [6.07, 6.45) is 6.51. The molecule has 1 unspecified atom stereocenters. The third kappa shape index (κ3) is 4.50. The lowest BCUT2D eigenvalue weighted by Gasteiger charge is -2.35. The van der Waals surface area contributed by atoms with Crippen LogP contribution in [0.5, 0.6) is 5.75 Å². The van der Waals surface area contributed by atoms with Gasteiger partial charge in [0.25, 0.3) is 0 Å². The van der Waals surface area contributed by atoms with E-state index in [0.29, 0.717) is 6.54 Å². The zero-order valence-electron chi connectivity index (χ0n) is 12.7. The second-order valence-corrected chi connectivity index (χ2v) is 5.65. The molecule has 1 aromatic rings. The Kier molecular flexibility index (Phi) is 6.34. The summed E-state index contributed by atoms with van der Waals surface area (Å²) in [6, 6.07) is 8.89. The minimum atomic E-state index is 0.573. The van der Waals surface area contributed by atoms with Crippen LogP contribution in [0.4, 0.5) is 0 Å². The summed E-state index contributed by atoms with van der Waals surface area (Å²) in [4.78, 5) is 2.64. The molecule has 0 spiro atoms. The van der Waals surface area contributed by atoms with Gasteiger partial charge in [0, 0.05) is 19.1 Å². The van der Waals surface area contributed by atoms with Gasteiger partial charge in [-0.3, -0.25) is 0 Å². The van der Waals surface area contributed by atoms with E-state index in [0.717, 1.165) is 36.9 Å². The zero-order chi connectivity index (χ0) is 14.2. The molecule has 0 amide bonds. The largest absolute Gasteiger partial charge is 0.494 e. The van der Waals surface area contributed by atoms with Crippen molar-refractivity contribution < 1.29 is 4.74 Å². The molecule has 0 bridgehead atoms. The van der Waals surface area contributed by atoms with Crippen LogP contribution >= 0.6 is 0 Å². The molecular formula is C17H28N2O. The Hall–Kier alpha value is -1.06. The highest BCUT2D eigenvalue weighted by Gasteiger charge is 2.19. The normalized spacial score (nSPS) is 20.0. The van der Waals surface area contributed by atoms with E-state index in [-0.39, 0.29) is 0 Å². The minimum Gasteiger partial charge on any atom is -0.494 e. The molecule has 1 heterocycles. The van der Waals surface area contributed by atoms with Gasteiger partial charge in [0.05, 0.1) is 6.61 Å². The third-order valence-corrected chi connectivity index (χ3v) is 4.21. The van der Waals surface area contributed by atoms with Crippen LogP contribution in [0.1, 0.15) is 44.6 Å². The third-order valence-electron chi connectivity index (χ3n) is 4.21. The number of nitrogens with zero attached hydrogens (tertiary/aromatic N) is 1. The summed E-state index contributed by atoms with van der Waals surface area (Å²) in [5.74, 6) is 0.943. The average Bonchev–Trinajstić information content (AvgIpc) is 2.52. The van der Waals surface area contributed by atoms with Crippen LogP contribution in [-0.2, 0) is 6.54 Å². The van der Waals surface area contributed by atoms with Crippen LogP contribution in [0.15, 0.2) is 24.3 Å². The first-order valence-corrected chi connectivity index (χ1v) is 7.99. The topological polar surface area (TPSA) is 38.5 Å². The Morgan fingerprint density at radius 1 is 1.35 bits per heavy atom. The van der Waals surface area contributed by atoms with E-state index in [2.05, 4.69) is 11.8 Å². The van der Waals surface area contributed by atoms with Crippen molar-refractivity contribution in [3.63, 3.8) is 0 Å². The lowest BCUT2D eigenvalue weighted by molar-refractivity contribution is 0.134. The number of hydrogen-bond donors (Lipinski definition) is 1. The van der Waals surface area contributed by atoms with E-state index in [1.54, 1.807) is 0 Å². The van der Waals surface area contributed by atoms with Gasteiger partial charge >= 0.3 is 0 Å². The summed E-state index contributed by atoms with van der Waals surface area (Å²) >= 11 is 0. The van der Waals surface area contributed by atoms with Gasteiger partial charge in [0.15, 0.2) is 0 Å². The quantitative estimate of drug-likeness (QED) is 0.777. The lowest BCUT2D eigenvalue weighted by atomic mass is 10.00. The fourth-order valence-electron chi connectivity index (χ4n) is 3.04. The Balaban J connectivity index is 1.70. The molecule has 2 rings (SSSR count). The van der Waals surface area contributed by atoms with Gasteiger partial charge in [-0.25, -0.2) is 0 Å². The van der Waals surface area contributed by atoms with Gasteiger partial charge in [-0.05, 0) is 49.9 Å². The number of piperidine rings is 1. The van der Waals surface area contributed by atoms with Crippen LogP contribution in [0.25, 0.3) is 0 Å². The monoisotopic (exact) mass is 276 g/mol. The van der Waals surface area contributed by atoms with Crippen LogP contribution in [0.2, 0.25) is 0 Å². The molecule has 0 radical (unpaired) electrons. The second kappa shape index (κ2) is 8.28. The van der Waals surface area contributed by atoms with Gasteiger partial charge in [-0.1, -0.05) is 25.5 Å². The molecule has 20 heavy (non-hydrogen) atoms. The van der Waals surface area contributed by atoms with Gasteiger partial charge in [-0.2, -0.15) is 0 Å². The maximum absolute atomic E-state index is 5.83. The number of benzene rings is 1. The molecule has 3 heteroatoms. The smallest absolute Gasteiger partial charge is 0.119 e. The van der Waals surface area contributed by atoms with E-state index >= 15 is 0 Å². The molecule has 1 saturated heterocycles. The second-order valence-electron chi connectivity index (χ2n) is 5.65. The lowest BCUT2D eigenvalue weighted by Crippen LogP contribution is -2.40. The van der Waals surface area contributed by atoms with Crippen LogP contribution < -0.4 is 10.5 Å². The fraction of sp³-hybridized carbons (Fsp3) is 0.647. The Bertz CT molecular complexity index is 394. The molecule has 2 N–H and O–H groups in total. The minimum absolute atomic E-state index is 0.573. The van der Waals surface area contributed by atoms with E-state index < -0.39 is 0 Å². The van der Waals surface area contributed by atoms with Crippen molar-refractivity contribution in [3.05, 3.63) is 29.8 Å². The van der Waals surface area contributed by atoms with Crippen LogP contribution in [0.3, 0.4) is 0 Å². The molecule has 3 nitrogen and oxygen atoms in total. The number of ether oxygens (including phenoxy) is 1. The SMILES string of the molecule is CCC1CCCCN1CCCOc1cccc(CN)c1. The van der Waals surface area contributed by atoms with E-state index in [1.807, 2.05) is 24.3 Å². The highest BCUT2D eigenvalue weighted by Crippen LogP contribution is 2.19. The van der Waals surface area contributed by atoms with Crippen molar-refractivity contribution in [2.45, 2.75) is 51.6 Å². The molecule has 1 aromatic carbocycles. The average molecular weight is 276 g/mol. The van der Waals surface area contributed by atoms with Gasteiger partial charge < -0.3 is 15.4 Å². The Morgan fingerprint density at radius 2 is 2.25 bits per heavy atom. The predicted molar refractivity (Wildman–Crippen MR) is 83.9 cm³/mol. The number of rotatable bonds is 7. The van der Waals surface area contributed by atoms with Crippen LogP contribution in [-0.4, -0.2) is 30.6 Å². The summed E-state index contributed by atoms with van der Waals surface area (Å²) in [5, 5.41) is 0. The molecule has 1 fully saturated rings. The van der Waals surface area contributed by atoms with Gasteiger partial charge in [0.1, 0.15) is 5.75 Å². The Morgan fingerprint density at radius 3 is 3.05 bits per heavy atom. The van der Waals surface area contributed by atoms with Crippen molar-refractivity contribution in [2.75, 3.05) is 19.7 Å². The first kappa shape index (κ1) is 15.3. The first-order chi connectivity index (χ1) is 9.83.